The number of rotatable bonds is 4. The summed E-state index contributed by atoms with van der Waals surface area (Å²) < 4.78 is 50.9. The van der Waals surface area contributed by atoms with Crippen LogP contribution in [0.1, 0.15) is 13.3 Å². The van der Waals surface area contributed by atoms with E-state index in [4.69, 9.17) is 4.55 Å². The molecule has 3 nitrogen and oxygen atoms in total. The summed E-state index contributed by atoms with van der Waals surface area (Å²) in [6, 6.07) is 0. The minimum absolute atomic E-state index is 0.0686. The van der Waals surface area contributed by atoms with Crippen LogP contribution in [-0.4, -0.2) is 23.7 Å². The third kappa shape index (κ3) is 2.81. The molecule has 0 radical (unpaired) electrons. The number of hydrogen-bond acceptors (Lipinski definition) is 3. The topological polar surface area (TPSA) is 41.5 Å². The molecule has 0 rings (SSSR count). The third-order valence-corrected chi connectivity index (χ3v) is 2.81. The molecule has 0 aromatic carbocycles. The fourth-order valence-corrected chi connectivity index (χ4v) is 1.43. The van der Waals surface area contributed by atoms with Gasteiger partial charge in [-0.1, -0.05) is 6.92 Å². The molecule has 0 aliphatic rings. The Morgan fingerprint density at radius 1 is 1.50 bits per heavy atom. The van der Waals surface area contributed by atoms with E-state index in [0.717, 1.165) is 7.11 Å². The molecule has 0 amide bonds. The van der Waals surface area contributed by atoms with Crippen LogP contribution in [-0.2, 0) is 4.18 Å². The van der Waals surface area contributed by atoms with E-state index in [2.05, 4.69) is 4.18 Å². The van der Waals surface area contributed by atoms with Crippen molar-refractivity contribution in [1.82, 2.24) is 4.72 Å². The largest absolute Gasteiger partial charge is 0.510 e. The van der Waals surface area contributed by atoms with Gasteiger partial charge in [0.05, 0.1) is 7.11 Å². The van der Waals surface area contributed by atoms with Gasteiger partial charge < -0.3 is 0 Å². The maximum Gasteiger partial charge on any atom is 0.510 e. The smallest absolute Gasteiger partial charge is 0.279 e. The van der Waals surface area contributed by atoms with E-state index >= 15 is 0 Å². The van der Waals surface area contributed by atoms with E-state index in [1.165, 1.54) is 0 Å². The van der Waals surface area contributed by atoms with Crippen molar-refractivity contribution >= 4 is 10.8 Å². The summed E-state index contributed by atoms with van der Waals surface area (Å²) in [5.74, 6) is 0. The molecule has 0 aromatic rings. The second-order valence-electron chi connectivity index (χ2n) is 2.03. The number of alkyl halides is 3. The molecule has 0 aliphatic carbocycles. The van der Waals surface area contributed by atoms with E-state index < -0.39 is 16.3 Å². The second-order valence-corrected chi connectivity index (χ2v) is 4.17. The van der Waals surface area contributed by atoms with Crippen LogP contribution in [0, 0.1) is 0 Å². The number of halogens is 3. The minimum Gasteiger partial charge on any atom is -0.279 e. The molecule has 0 saturated heterocycles. The molecule has 0 saturated carbocycles. The Hall–Kier alpha value is 0.0200. The van der Waals surface area contributed by atoms with Gasteiger partial charge in [0.2, 0.25) is 0 Å². The van der Waals surface area contributed by atoms with Crippen LogP contribution >= 0.6 is 10.8 Å². The Morgan fingerprint density at radius 2 is 2.00 bits per heavy atom. The van der Waals surface area contributed by atoms with Crippen LogP contribution in [0.15, 0.2) is 0 Å². The predicted octanol–water partition coefficient (Wildman–Crippen LogP) is 2.26. The molecular formula is C5H12F3NO2S. The van der Waals surface area contributed by atoms with Crippen LogP contribution in [0.5, 0.6) is 0 Å². The van der Waals surface area contributed by atoms with E-state index in [1.807, 2.05) is 4.72 Å². The van der Waals surface area contributed by atoms with Gasteiger partial charge in [-0.25, -0.2) is 4.72 Å². The van der Waals surface area contributed by atoms with Gasteiger partial charge in [-0.2, -0.15) is 13.2 Å². The highest BCUT2D eigenvalue weighted by molar-refractivity contribution is 8.24. The molecule has 12 heavy (non-hydrogen) atoms. The molecule has 0 heterocycles. The SMILES string of the molecule is CCCNS(O)(OC)C(F)(F)F. The Balaban J connectivity index is 4.24. The van der Waals surface area contributed by atoms with E-state index in [0.29, 0.717) is 6.42 Å². The monoisotopic (exact) mass is 207 g/mol. The summed E-state index contributed by atoms with van der Waals surface area (Å²) in [6.45, 7) is 1.76. The molecule has 0 aliphatic heterocycles. The molecule has 0 aromatic heterocycles. The van der Waals surface area contributed by atoms with Crippen molar-refractivity contribution < 1.29 is 21.9 Å². The Bertz CT molecular complexity index is 143. The average molecular weight is 207 g/mol. The van der Waals surface area contributed by atoms with Gasteiger partial charge in [0.25, 0.3) is 0 Å². The zero-order valence-corrected chi connectivity index (χ0v) is 7.63. The van der Waals surface area contributed by atoms with Gasteiger partial charge in [0.1, 0.15) is 0 Å². The van der Waals surface area contributed by atoms with Crippen LogP contribution in [0.4, 0.5) is 13.2 Å². The number of nitrogens with one attached hydrogen (secondary N) is 1. The van der Waals surface area contributed by atoms with Crippen molar-refractivity contribution in [2.45, 2.75) is 18.9 Å². The zero-order chi connectivity index (χ0) is 9.83. The first-order valence-corrected chi connectivity index (χ1v) is 4.81. The summed E-state index contributed by atoms with van der Waals surface area (Å²) in [5, 5.41) is 0. The lowest BCUT2D eigenvalue weighted by Crippen LogP contribution is -2.33. The quantitative estimate of drug-likeness (QED) is 0.743. The zero-order valence-electron chi connectivity index (χ0n) is 6.81. The van der Waals surface area contributed by atoms with Crippen LogP contribution in [0.25, 0.3) is 0 Å². The number of hydrogen-bond donors (Lipinski definition) is 2. The van der Waals surface area contributed by atoms with Gasteiger partial charge in [0.15, 0.2) is 0 Å². The predicted molar refractivity (Wildman–Crippen MR) is 41.6 cm³/mol. The molecule has 0 fully saturated rings. The second kappa shape index (κ2) is 4.31. The maximum atomic E-state index is 12.0. The molecule has 0 spiro atoms. The van der Waals surface area contributed by atoms with E-state index in [1.54, 1.807) is 6.92 Å². The lowest BCUT2D eigenvalue weighted by molar-refractivity contribution is -0.0559. The summed E-state index contributed by atoms with van der Waals surface area (Å²) in [6.07, 6.45) is 0.495. The van der Waals surface area contributed by atoms with Crippen molar-refractivity contribution in [3.8, 4) is 0 Å². The van der Waals surface area contributed by atoms with Crippen molar-refractivity contribution in [2.24, 2.45) is 0 Å². The van der Waals surface area contributed by atoms with Crippen molar-refractivity contribution in [1.29, 1.82) is 0 Å². The van der Waals surface area contributed by atoms with Gasteiger partial charge in [0, 0.05) is 6.54 Å². The normalized spacial score (nSPS) is 20.2. The standard InChI is InChI=1S/C5H12F3NO2S/c1-3-4-9-12(10,11-2)5(6,7)8/h9-10H,3-4H2,1-2H3. The summed E-state index contributed by atoms with van der Waals surface area (Å²) in [5.41, 5.74) is -4.74. The van der Waals surface area contributed by atoms with Crippen LogP contribution in [0.2, 0.25) is 0 Å². The molecule has 0 bridgehead atoms. The molecule has 7 heteroatoms. The van der Waals surface area contributed by atoms with Gasteiger partial charge in [-0.15, -0.1) is 0 Å². The van der Waals surface area contributed by atoms with E-state index in [-0.39, 0.29) is 6.54 Å². The first-order valence-electron chi connectivity index (χ1n) is 3.29. The minimum atomic E-state index is -4.74. The lowest BCUT2D eigenvalue weighted by Gasteiger charge is -2.37. The molecule has 1 unspecified atom stereocenters. The van der Waals surface area contributed by atoms with Crippen molar-refractivity contribution in [3.63, 3.8) is 0 Å². The Labute approximate surface area is 70.8 Å². The van der Waals surface area contributed by atoms with Crippen molar-refractivity contribution in [3.05, 3.63) is 0 Å². The molecule has 76 valence electrons. The molecular weight excluding hydrogens is 195 g/mol. The lowest BCUT2D eigenvalue weighted by atomic mass is 10.5. The third-order valence-electron chi connectivity index (χ3n) is 1.10. The summed E-state index contributed by atoms with van der Waals surface area (Å²) in [7, 11) is -3.28. The average Bonchev–Trinajstić information content (AvgIpc) is 1.98. The highest BCUT2D eigenvalue weighted by atomic mass is 32.3. The highest BCUT2D eigenvalue weighted by Crippen LogP contribution is 2.55. The van der Waals surface area contributed by atoms with Crippen molar-refractivity contribution in [2.75, 3.05) is 13.7 Å². The van der Waals surface area contributed by atoms with Gasteiger partial charge >= 0.3 is 5.51 Å². The van der Waals surface area contributed by atoms with Crippen LogP contribution in [0.3, 0.4) is 0 Å². The maximum absolute atomic E-state index is 12.0. The first-order chi connectivity index (χ1) is 5.37. The fraction of sp³-hybridized carbons (Fsp3) is 1.00. The van der Waals surface area contributed by atoms with Gasteiger partial charge in [-0.05, 0) is 17.2 Å². The molecule has 1 atom stereocenters. The Kier molecular flexibility index (Phi) is 4.32. The summed E-state index contributed by atoms with van der Waals surface area (Å²) in [4.78, 5) is 0. The van der Waals surface area contributed by atoms with Gasteiger partial charge in [-0.3, -0.25) is 8.74 Å². The Morgan fingerprint density at radius 3 is 2.25 bits per heavy atom. The van der Waals surface area contributed by atoms with Crippen LogP contribution < -0.4 is 4.72 Å². The van der Waals surface area contributed by atoms with E-state index in [9.17, 15) is 13.2 Å². The fourth-order valence-electron chi connectivity index (χ4n) is 0.476. The summed E-state index contributed by atoms with van der Waals surface area (Å²) >= 11 is 0. The first kappa shape index (κ1) is 12.0. The molecule has 2 N–H and O–H groups in total. The highest BCUT2D eigenvalue weighted by Gasteiger charge is 2.47.